The van der Waals surface area contributed by atoms with Gasteiger partial charge in [-0.3, -0.25) is 9.48 Å². The third-order valence-electron chi connectivity index (χ3n) is 3.81. The number of nitrogens with one attached hydrogen (secondary N) is 1. The lowest BCUT2D eigenvalue weighted by Crippen LogP contribution is -2.32. The molecule has 1 amide bonds. The van der Waals surface area contributed by atoms with Crippen molar-refractivity contribution in [2.75, 3.05) is 0 Å². The summed E-state index contributed by atoms with van der Waals surface area (Å²) in [6.07, 6.45) is 8.39. The first-order valence-electron chi connectivity index (χ1n) is 7.18. The molecule has 1 heterocycles. The van der Waals surface area contributed by atoms with Crippen LogP contribution in [0.5, 0.6) is 0 Å². The molecule has 0 atom stereocenters. The van der Waals surface area contributed by atoms with Gasteiger partial charge in [0.05, 0.1) is 6.54 Å². The minimum atomic E-state index is 0.0440. The molecular formula is C16H19N3O. The van der Waals surface area contributed by atoms with E-state index in [-0.39, 0.29) is 5.91 Å². The van der Waals surface area contributed by atoms with Crippen LogP contribution in [0.15, 0.2) is 42.7 Å². The molecule has 0 unspecified atom stereocenters. The molecule has 1 aromatic heterocycles. The van der Waals surface area contributed by atoms with Gasteiger partial charge in [0.2, 0.25) is 0 Å². The van der Waals surface area contributed by atoms with Crippen LogP contribution < -0.4 is 5.32 Å². The van der Waals surface area contributed by atoms with E-state index < -0.39 is 0 Å². The number of aromatic nitrogens is 2. The van der Waals surface area contributed by atoms with E-state index in [1.54, 1.807) is 6.20 Å². The number of nitrogens with zero attached hydrogens (tertiary/aromatic N) is 2. The lowest BCUT2D eigenvalue weighted by atomic mass is 10.1. The van der Waals surface area contributed by atoms with E-state index in [1.807, 2.05) is 41.2 Å². The highest BCUT2D eigenvalue weighted by molar-refractivity contribution is 5.94. The van der Waals surface area contributed by atoms with Crippen molar-refractivity contribution < 1.29 is 4.79 Å². The second-order valence-electron chi connectivity index (χ2n) is 5.36. The summed E-state index contributed by atoms with van der Waals surface area (Å²) < 4.78 is 1.87. The summed E-state index contributed by atoms with van der Waals surface area (Å²) in [5.74, 6) is 0.0440. The lowest BCUT2D eigenvalue weighted by Gasteiger charge is -2.12. The van der Waals surface area contributed by atoms with E-state index in [0.29, 0.717) is 6.04 Å². The Morgan fingerprint density at radius 1 is 1.25 bits per heavy atom. The highest BCUT2D eigenvalue weighted by Crippen LogP contribution is 2.18. The van der Waals surface area contributed by atoms with Crippen LogP contribution in [0.25, 0.3) is 0 Å². The molecule has 20 heavy (non-hydrogen) atoms. The number of hydrogen-bond acceptors (Lipinski definition) is 2. The third-order valence-corrected chi connectivity index (χ3v) is 3.81. The molecule has 1 aliphatic carbocycles. The molecule has 0 spiro atoms. The van der Waals surface area contributed by atoms with E-state index in [9.17, 15) is 4.79 Å². The van der Waals surface area contributed by atoms with Gasteiger partial charge in [0, 0.05) is 24.0 Å². The summed E-state index contributed by atoms with van der Waals surface area (Å²) in [5.41, 5.74) is 1.88. The fourth-order valence-corrected chi connectivity index (χ4v) is 2.68. The third kappa shape index (κ3) is 3.07. The Morgan fingerprint density at radius 3 is 2.65 bits per heavy atom. The van der Waals surface area contributed by atoms with Gasteiger partial charge in [-0.05, 0) is 36.6 Å². The molecule has 1 aromatic carbocycles. The fourth-order valence-electron chi connectivity index (χ4n) is 2.68. The van der Waals surface area contributed by atoms with Crippen LogP contribution in [0.3, 0.4) is 0 Å². The summed E-state index contributed by atoms with van der Waals surface area (Å²) in [5, 5.41) is 7.28. The van der Waals surface area contributed by atoms with Gasteiger partial charge in [-0.15, -0.1) is 0 Å². The summed E-state index contributed by atoms with van der Waals surface area (Å²) in [7, 11) is 0. The predicted molar refractivity (Wildman–Crippen MR) is 77.5 cm³/mol. The molecule has 0 saturated heterocycles. The number of hydrogen-bond donors (Lipinski definition) is 1. The number of carbonyl (C=O) groups excluding carboxylic acids is 1. The Kier molecular flexibility index (Phi) is 3.81. The number of rotatable bonds is 4. The van der Waals surface area contributed by atoms with E-state index in [0.717, 1.165) is 30.5 Å². The minimum Gasteiger partial charge on any atom is -0.349 e. The molecule has 3 rings (SSSR count). The normalized spacial score (nSPS) is 15.4. The maximum Gasteiger partial charge on any atom is 0.251 e. The smallest absolute Gasteiger partial charge is 0.251 e. The number of amides is 1. The van der Waals surface area contributed by atoms with Crippen molar-refractivity contribution in [3.63, 3.8) is 0 Å². The van der Waals surface area contributed by atoms with E-state index in [1.165, 1.54) is 12.8 Å². The molecule has 4 heteroatoms. The van der Waals surface area contributed by atoms with Crippen molar-refractivity contribution in [3.05, 3.63) is 53.9 Å². The van der Waals surface area contributed by atoms with E-state index in [4.69, 9.17) is 0 Å². The molecule has 0 aliphatic heterocycles. The first kappa shape index (κ1) is 12.9. The van der Waals surface area contributed by atoms with E-state index >= 15 is 0 Å². The highest BCUT2D eigenvalue weighted by Gasteiger charge is 2.17. The Bertz CT molecular complexity index is 554. The van der Waals surface area contributed by atoms with Crippen molar-refractivity contribution in [2.24, 2.45) is 0 Å². The van der Waals surface area contributed by atoms with Crippen molar-refractivity contribution in [1.29, 1.82) is 0 Å². The van der Waals surface area contributed by atoms with Gasteiger partial charge in [-0.25, -0.2) is 0 Å². The minimum absolute atomic E-state index is 0.0440. The lowest BCUT2D eigenvalue weighted by molar-refractivity contribution is 0.0938. The van der Waals surface area contributed by atoms with Gasteiger partial charge in [-0.2, -0.15) is 5.10 Å². The van der Waals surface area contributed by atoms with Crippen LogP contribution in [0.4, 0.5) is 0 Å². The first-order valence-corrected chi connectivity index (χ1v) is 7.18. The van der Waals surface area contributed by atoms with Crippen LogP contribution in [0.1, 0.15) is 41.6 Å². The second-order valence-corrected chi connectivity index (χ2v) is 5.36. The quantitative estimate of drug-likeness (QED) is 0.927. The topological polar surface area (TPSA) is 46.9 Å². The Labute approximate surface area is 118 Å². The van der Waals surface area contributed by atoms with E-state index in [2.05, 4.69) is 10.4 Å². The van der Waals surface area contributed by atoms with Gasteiger partial charge in [0.25, 0.3) is 5.91 Å². The molecule has 1 aliphatic rings. The van der Waals surface area contributed by atoms with Crippen LogP contribution in [0.2, 0.25) is 0 Å². The maximum absolute atomic E-state index is 12.1. The van der Waals surface area contributed by atoms with Gasteiger partial charge < -0.3 is 5.32 Å². The molecule has 104 valence electrons. The Morgan fingerprint density at radius 2 is 2.00 bits per heavy atom. The van der Waals surface area contributed by atoms with Gasteiger partial charge >= 0.3 is 0 Å². The predicted octanol–water partition coefficient (Wildman–Crippen LogP) is 2.60. The second kappa shape index (κ2) is 5.90. The summed E-state index contributed by atoms with van der Waals surface area (Å²) in [6.45, 7) is 0.734. The van der Waals surface area contributed by atoms with Gasteiger partial charge in [0.15, 0.2) is 0 Å². The molecular weight excluding hydrogens is 250 g/mol. The Hall–Kier alpha value is -2.10. The molecule has 0 radical (unpaired) electrons. The monoisotopic (exact) mass is 269 g/mol. The van der Waals surface area contributed by atoms with Crippen molar-refractivity contribution in [2.45, 2.75) is 38.3 Å². The highest BCUT2D eigenvalue weighted by atomic mass is 16.1. The first-order chi connectivity index (χ1) is 9.81. The zero-order valence-electron chi connectivity index (χ0n) is 11.5. The average molecular weight is 269 g/mol. The number of benzene rings is 1. The zero-order chi connectivity index (χ0) is 13.8. The van der Waals surface area contributed by atoms with Crippen molar-refractivity contribution in [1.82, 2.24) is 15.1 Å². The van der Waals surface area contributed by atoms with Crippen LogP contribution >= 0.6 is 0 Å². The standard InChI is InChI=1S/C16H19N3O/c20-16(18-15-4-1-2-5-15)14-8-6-13(7-9-14)12-19-11-3-10-17-19/h3,6-11,15H,1-2,4-5,12H2,(H,18,20). The average Bonchev–Trinajstić information content (AvgIpc) is 3.13. The SMILES string of the molecule is O=C(NC1CCCC1)c1ccc(Cn2cccn2)cc1. The molecule has 2 aromatic rings. The van der Waals surface area contributed by atoms with Crippen molar-refractivity contribution in [3.8, 4) is 0 Å². The van der Waals surface area contributed by atoms with Gasteiger partial charge in [0.1, 0.15) is 0 Å². The summed E-state index contributed by atoms with van der Waals surface area (Å²) in [6, 6.07) is 10.0. The van der Waals surface area contributed by atoms with Crippen LogP contribution in [-0.4, -0.2) is 21.7 Å². The molecule has 4 nitrogen and oxygen atoms in total. The largest absolute Gasteiger partial charge is 0.349 e. The summed E-state index contributed by atoms with van der Waals surface area (Å²) >= 11 is 0. The zero-order valence-corrected chi connectivity index (χ0v) is 11.5. The molecule has 0 bridgehead atoms. The molecule has 1 fully saturated rings. The van der Waals surface area contributed by atoms with Gasteiger partial charge in [-0.1, -0.05) is 25.0 Å². The summed E-state index contributed by atoms with van der Waals surface area (Å²) in [4.78, 5) is 12.1. The maximum atomic E-state index is 12.1. The molecule has 1 N–H and O–H groups in total. The van der Waals surface area contributed by atoms with Crippen LogP contribution in [-0.2, 0) is 6.54 Å². The fraction of sp³-hybridized carbons (Fsp3) is 0.375. The Balaban J connectivity index is 1.61. The molecule has 1 saturated carbocycles. The number of carbonyl (C=O) groups is 1. The van der Waals surface area contributed by atoms with Crippen molar-refractivity contribution >= 4 is 5.91 Å². The van der Waals surface area contributed by atoms with Crippen LogP contribution in [0, 0.1) is 0 Å².